The molecule has 0 atom stereocenters. The number of hydrogen-bond donors (Lipinski definition) is 1. The first kappa shape index (κ1) is 13.8. The lowest BCUT2D eigenvalue weighted by Crippen LogP contribution is -2.33. The normalized spacial score (nSPS) is 11.0. The molecule has 17 heavy (non-hydrogen) atoms. The molecule has 1 rings (SSSR count). The van der Waals surface area contributed by atoms with E-state index in [0.29, 0.717) is 18.1 Å². The molecule has 0 amide bonds. The Bertz CT molecular complexity index is 424. The van der Waals surface area contributed by atoms with E-state index in [1.54, 1.807) is 7.11 Å². The van der Waals surface area contributed by atoms with Crippen LogP contribution in [0.5, 0.6) is 5.75 Å². The van der Waals surface area contributed by atoms with Crippen molar-refractivity contribution in [2.24, 2.45) is 0 Å². The van der Waals surface area contributed by atoms with Crippen LogP contribution in [0.15, 0.2) is 18.2 Å². The Morgan fingerprint density at radius 2 is 2.18 bits per heavy atom. The second kappa shape index (κ2) is 5.90. The number of ether oxygens (including phenoxy) is 1. The first-order valence-electron chi connectivity index (χ1n) is 5.43. The van der Waals surface area contributed by atoms with Gasteiger partial charge in [0.25, 0.3) is 0 Å². The summed E-state index contributed by atoms with van der Waals surface area (Å²) in [6.45, 7) is 5.22. The average molecular weight is 253 g/mol. The van der Waals surface area contributed by atoms with E-state index in [9.17, 15) is 0 Å². The second-order valence-corrected chi connectivity index (χ2v) is 4.90. The number of halogens is 1. The van der Waals surface area contributed by atoms with Crippen molar-refractivity contribution < 1.29 is 4.74 Å². The molecule has 0 saturated heterocycles. The maximum Gasteiger partial charge on any atom is 0.120 e. The van der Waals surface area contributed by atoms with E-state index in [4.69, 9.17) is 21.6 Å². The molecule has 3 nitrogen and oxygen atoms in total. The minimum absolute atomic E-state index is 0.125. The van der Waals surface area contributed by atoms with Gasteiger partial charge in [-0.3, -0.25) is 0 Å². The highest BCUT2D eigenvalue weighted by molar-refractivity contribution is 6.31. The first-order valence-corrected chi connectivity index (χ1v) is 5.81. The summed E-state index contributed by atoms with van der Waals surface area (Å²) < 4.78 is 5.12. The molecule has 0 unspecified atom stereocenters. The average Bonchev–Trinajstić information content (AvgIpc) is 2.28. The number of benzene rings is 1. The number of nitriles is 1. The van der Waals surface area contributed by atoms with Crippen molar-refractivity contribution in [2.45, 2.75) is 19.3 Å². The van der Waals surface area contributed by atoms with Gasteiger partial charge in [0.1, 0.15) is 5.75 Å². The molecular formula is C13H17ClN2O. The Morgan fingerprint density at radius 1 is 1.47 bits per heavy atom. The summed E-state index contributed by atoms with van der Waals surface area (Å²) in [5.41, 5.74) is 0.922. The zero-order valence-corrected chi connectivity index (χ0v) is 11.1. The predicted octanol–water partition coefficient (Wildman–Crippen LogP) is 2.74. The molecule has 0 aromatic heterocycles. The zero-order valence-electron chi connectivity index (χ0n) is 10.4. The van der Waals surface area contributed by atoms with Gasteiger partial charge in [-0.15, -0.1) is 0 Å². The van der Waals surface area contributed by atoms with Crippen LogP contribution in [0.1, 0.15) is 19.4 Å². The molecule has 0 spiro atoms. The number of nitrogens with one attached hydrogen (secondary N) is 1. The molecule has 0 radical (unpaired) electrons. The van der Waals surface area contributed by atoms with Gasteiger partial charge < -0.3 is 10.1 Å². The van der Waals surface area contributed by atoms with Crippen molar-refractivity contribution in [3.05, 3.63) is 28.8 Å². The van der Waals surface area contributed by atoms with Gasteiger partial charge in [0.2, 0.25) is 0 Å². The van der Waals surface area contributed by atoms with Crippen LogP contribution in [0.2, 0.25) is 5.02 Å². The number of nitrogens with zero attached hydrogens (tertiary/aromatic N) is 1. The molecule has 0 saturated carbocycles. The van der Waals surface area contributed by atoms with E-state index in [2.05, 4.69) is 25.2 Å². The summed E-state index contributed by atoms with van der Waals surface area (Å²) in [6, 6.07) is 7.73. The highest BCUT2D eigenvalue weighted by Crippen LogP contribution is 2.32. The lowest BCUT2D eigenvalue weighted by molar-refractivity contribution is 0.413. The van der Waals surface area contributed by atoms with Gasteiger partial charge in [-0.25, -0.2) is 0 Å². The van der Waals surface area contributed by atoms with Gasteiger partial charge in [-0.1, -0.05) is 31.5 Å². The third-order valence-electron chi connectivity index (χ3n) is 2.68. The van der Waals surface area contributed by atoms with Gasteiger partial charge in [0.05, 0.1) is 19.7 Å². The van der Waals surface area contributed by atoms with Crippen LogP contribution in [-0.2, 0) is 5.41 Å². The van der Waals surface area contributed by atoms with E-state index in [0.717, 1.165) is 11.3 Å². The molecule has 0 aliphatic rings. The van der Waals surface area contributed by atoms with Crippen LogP contribution in [0.3, 0.4) is 0 Å². The lowest BCUT2D eigenvalue weighted by Gasteiger charge is -2.26. The van der Waals surface area contributed by atoms with E-state index in [1.165, 1.54) is 0 Å². The maximum atomic E-state index is 8.50. The summed E-state index contributed by atoms with van der Waals surface area (Å²) in [4.78, 5) is 0. The molecule has 0 aliphatic heterocycles. The van der Waals surface area contributed by atoms with Crippen molar-refractivity contribution in [1.29, 1.82) is 5.26 Å². The fraction of sp³-hybridized carbons (Fsp3) is 0.462. The Balaban J connectivity index is 2.87. The molecule has 0 heterocycles. The SMILES string of the molecule is COc1ccc(C(C)(C)CNCC#N)c(Cl)c1. The first-order chi connectivity index (χ1) is 8.01. The third kappa shape index (κ3) is 3.62. The lowest BCUT2D eigenvalue weighted by atomic mass is 9.84. The summed E-state index contributed by atoms with van der Waals surface area (Å²) in [5.74, 6) is 0.750. The topological polar surface area (TPSA) is 45.0 Å². The van der Waals surface area contributed by atoms with Crippen LogP contribution < -0.4 is 10.1 Å². The number of rotatable bonds is 5. The molecule has 4 heteroatoms. The molecular weight excluding hydrogens is 236 g/mol. The molecule has 0 bridgehead atoms. The van der Waals surface area contributed by atoms with Crippen LogP contribution in [0.25, 0.3) is 0 Å². The highest BCUT2D eigenvalue weighted by atomic mass is 35.5. The van der Waals surface area contributed by atoms with Gasteiger partial charge in [0.15, 0.2) is 0 Å². The van der Waals surface area contributed by atoms with E-state index >= 15 is 0 Å². The van der Waals surface area contributed by atoms with E-state index in [-0.39, 0.29) is 5.41 Å². The molecule has 1 aromatic carbocycles. The predicted molar refractivity (Wildman–Crippen MR) is 69.5 cm³/mol. The van der Waals surface area contributed by atoms with Crippen LogP contribution >= 0.6 is 11.6 Å². The summed E-state index contributed by atoms with van der Waals surface area (Å²) >= 11 is 6.23. The molecule has 0 aliphatic carbocycles. The fourth-order valence-corrected chi connectivity index (χ4v) is 2.12. The highest BCUT2D eigenvalue weighted by Gasteiger charge is 2.23. The van der Waals surface area contributed by atoms with Gasteiger partial charge in [-0.2, -0.15) is 5.26 Å². The van der Waals surface area contributed by atoms with Crippen LogP contribution in [0, 0.1) is 11.3 Å². The van der Waals surface area contributed by atoms with Crippen LogP contribution in [0.4, 0.5) is 0 Å². The Kier molecular flexibility index (Phi) is 4.80. The van der Waals surface area contributed by atoms with Gasteiger partial charge in [-0.05, 0) is 17.7 Å². The molecule has 1 aromatic rings. The van der Waals surface area contributed by atoms with Crippen molar-refractivity contribution in [3.63, 3.8) is 0 Å². The maximum absolute atomic E-state index is 8.50. The van der Waals surface area contributed by atoms with Crippen molar-refractivity contribution in [2.75, 3.05) is 20.2 Å². The zero-order chi connectivity index (χ0) is 12.9. The summed E-state index contributed by atoms with van der Waals surface area (Å²) in [6.07, 6.45) is 0. The quantitative estimate of drug-likeness (QED) is 0.647. The van der Waals surface area contributed by atoms with E-state index in [1.807, 2.05) is 18.2 Å². The monoisotopic (exact) mass is 252 g/mol. The van der Waals surface area contributed by atoms with Crippen molar-refractivity contribution >= 4 is 11.6 Å². The molecule has 92 valence electrons. The summed E-state index contributed by atoms with van der Waals surface area (Å²) in [5, 5.41) is 12.3. The minimum atomic E-state index is -0.125. The smallest absolute Gasteiger partial charge is 0.120 e. The Morgan fingerprint density at radius 3 is 2.71 bits per heavy atom. The molecule has 0 fully saturated rings. The van der Waals surface area contributed by atoms with Crippen molar-refractivity contribution in [3.8, 4) is 11.8 Å². The van der Waals surface area contributed by atoms with Crippen molar-refractivity contribution in [1.82, 2.24) is 5.32 Å². The second-order valence-electron chi connectivity index (χ2n) is 4.49. The standard InChI is InChI=1S/C13H17ClN2O/c1-13(2,9-16-7-6-15)11-5-4-10(17-3)8-12(11)14/h4-5,8,16H,7,9H2,1-3H3. The number of methoxy groups -OCH3 is 1. The Labute approximate surface area is 107 Å². The van der Waals surface area contributed by atoms with Gasteiger partial charge >= 0.3 is 0 Å². The number of hydrogen-bond acceptors (Lipinski definition) is 3. The third-order valence-corrected chi connectivity index (χ3v) is 2.99. The fourth-order valence-electron chi connectivity index (χ4n) is 1.70. The largest absolute Gasteiger partial charge is 0.497 e. The Hall–Kier alpha value is -1.24. The van der Waals surface area contributed by atoms with E-state index < -0.39 is 0 Å². The van der Waals surface area contributed by atoms with Gasteiger partial charge in [0, 0.05) is 17.0 Å². The molecule has 1 N–H and O–H groups in total. The van der Waals surface area contributed by atoms with Crippen LogP contribution in [-0.4, -0.2) is 20.2 Å². The minimum Gasteiger partial charge on any atom is -0.497 e. The summed E-state index contributed by atoms with van der Waals surface area (Å²) in [7, 11) is 1.62.